The van der Waals surface area contributed by atoms with Gasteiger partial charge in [0.2, 0.25) is 11.8 Å². The molecular weight excluding hydrogens is 368 g/mol. The Morgan fingerprint density at radius 2 is 1.85 bits per heavy atom. The predicted molar refractivity (Wildman–Crippen MR) is 110 cm³/mol. The smallest absolute Gasteiger partial charge is 0.233 e. The summed E-state index contributed by atoms with van der Waals surface area (Å²) in [6, 6.07) is 13.4. The molecule has 0 radical (unpaired) electrons. The van der Waals surface area contributed by atoms with Crippen molar-refractivity contribution in [2.24, 2.45) is 0 Å². The fourth-order valence-corrected chi connectivity index (χ4v) is 3.39. The van der Waals surface area contributed by atoms with Gasteiger partial charge in [0.15, 0.2) is 0 Å². The molecule has 0 aliphatic rings. The Labute approximate surface area is 163 Å². The van der Waals surface area contributed by atoms with Crippen LogP contribution >= 0.6 is 23.4 Å². The molecule has 0 spiro atoms. The first-order chi connectivity index (χ1) is 12.5. The van der Waals surface area contributed by atoms with Crippen LogP contribution in [0, 0.1) is 13.8 Å². The summed E-state index contributed by atoms with van der Waals surface area (Å²) in [5.74, 6) is 1.04. The Kier molecular flexibility index (Phi) is 8.01. The maximum Gasteiger partial charge on any atom is 0.233 e. The molecule has 2 N–H and O–H groups in total. The second-order valence-electron chi connectivity index (χ2n) is 6.00. The number of aryl methyl sites for hydroxylation is 1. The van der Waals surface area contributed by atoms with Gasteiger partial charge in [-0.3, -0.25) is 9.59 Å². The second kappa shape index (κ2) is 10.2. The Balaban J connectivity index is 1.65. The van der Waals surface area contributed by atoms with Gasteiger partial charge in [-0.15, -0.1) is 0 Å². The molecular formula is C20H23ClN2O2S. The average molecular weight is 391 g/mol. The number of thioether (sulfide) groups is 1. The first kappa shape index (κ1) is 20.3. The zero-order valence-electron chi connectivity index (χ0n) is 15.0. The normalized spacial score (nSPS) is 10.4. The molecule has 0 aliphatic heterocycles. The van der Waals surface area contributed by atoms with Crippen LogP contribution in [0.4, 0.5) is 5.69 Å². The number of benzene rings is 2. The van der Waals surface area contributed by atoms with E-state index in [4.69, 9.17) is 11.6 Å². The zero-order valence-corrected chi connectivity index (χ0v) is 16.5. The van der Waals surface area contributed by atoms with Crippen LogP contribution < -0.4 is 10.6 Å². The summed E-state index contributed by atoms with van der Waals surface area (Å²) in [5, 5.41) is 6.30. The highest BCUT2D eigenvalue weighted by Gasteiger charge is 2.10. The van der Waals surface area contributed by atoms with Crippen molar-refractivity contribution in [1.82, 2.24) is 5.32 Å². The van der Waals surface area contributed by atoms with Gasteiger partial charge in [0.1, 0.15) is 6.42 Å². The Hall–Kier alpha value is -1.98. The largest absolute Gasteiger partial charge is 0.355 e. The van der Waals surface area contributed by atoms with E-state index in [9.17, 15) is 9.59 Å². The molecule has 2 aromatic carbocycles. The van der Waals surface area contributed by atoms with E-state index < -0.39 is 0 Å². The topological polar surface area (TPSA) is 58.2 Å². The van der Waals surface area contributed by atoms with E-state index in [0.717, 1.165) is 38.9 Å². The molecule has 0 atom stereocenters. The highest BCUT2D eigenvalue weighted by Crippen LogP contribution is 2.18. The number of rotatable bonds is 8. The second-order valence-corrected chi connectivity index (χ2v) is 7.55. The molecule has 0 saturated heterocycles. The molecule has 0 aromatic heterocycles. The maximum absolute atomic E-state index is 12.0. The summed E-state index contributed by atoms with van der Waals surface area (Å²) in [5.41, 5.74) is 4.02. The first-order valence-corrected chi connectivity index (χ1v) is 9.94. The van der Waals surface area contributed by atoms with E-state index in [1.165, 1.54) is 0 Å². The summed E-state index contributed by atoms with van der Waals surface area (Å²) >= 11 is 7.66. The fourth-order valence-electron chi connectivity index (χ4n) is 2.37. The monoisotopic (exact) mass is 390 g/mol. The van der Waals surface area contributed by atoms with Crippen molar-refractivity contribution < 1.29 is 9.59 Å². The summed E-state index contributed by atoms with van der Waals surface area (Å²) in [4.78, 5) is 23.9. The van der Waals surface area contributed by atoms with Crippen LogP contribution in [0.5, 0.6) is 0 Å². The molecule has 0 fully saturated rings. The van der Waals surface area contributed by atoms with Crippen LogP contribution in [0.2, 0.25) is 5.02 Å². The SMILES string of the molecule is Cc1cccc(NC(=O)CC(=O)NCCSCc2cccc(Cl)c2)c1C. The number of carbonyl (C=O) groups excluding carboxylic acids is 2. The summed E-state index contributed by atoms with van der Waals surface area (Å²) in [6.07, 6.45) is -0.174. The number of anilines is 1. The van der Waals surface area contributed by atoms with Crippen molar-refractivity contribution in [2.75, 3.05) is 17.6 Å². The minimum Gasteiger partial charge on any atom is -0.355 e. The lowest BCUT2D eigenvalue weighted by atomic mass is 10.1. The van der Waals surface area contributed by atoms with Crippen LogP contribution in [0.25, 0.3) is 0 Å². The summed E-state index contributed by atoms with van der Waals surface area (Å²) in [6.45, 7) is 4.46. The van der Waals surface area contributed by atoms with E-state index in [-0.39, 0.29) is 18.2 Å². The van der Waals surface area contributed by atoms with Gasteiger partial charge in [-0.05, 0) is 48.7 Å². The van der Waals surface area contributed by atoms with Gasteiger partial charge < -0.3 is 10.6 Å². The highest BCUT2D eigenvalue weighted by atomic mass is 35.5. The lowest BCUT2D eigenvalue weighted by Crippen LogP contribution is -2.29. The van der Waals surface area contributed by atoms with E-state index in [0.29, 0.717) is 6.54 Å². The molecule has 2 amide bonds. The lowest BCUT2D eigenvalue weighted by Gasteiger charge is -2.10. The third-order valence-corrected chi connectivity index (χ3v) is 5.19. The van der Waals surface area contributed by atoms with Crippen molar-refractivity contribution >= 4 is 40.9 Å². The number of nitrogens with one attached hydrogen (secondary N) is 2. The average Bonchev–Trinajstić information content (AvgIpc) is 2.58. The van der Waals surface area contributed by atoms with Crippen LogP contribution in [0.15, 0.2) is 42.5 Å². The van der Waals surface area contributed by atoms with Gasteiger partial charge in [-0.25, -0.2) is 0 Å². The molecule has 0 heterocycles. The molecule has 6 heteroatoms. The molecule has 0 bridgehead atoms. The van der Waals surface area contributed by atoms with Crippen LogP contribution in [0.1, 0.15) is 23.1 Å². The number of carbonyl (C=O) groups is 2. The molecule has 0 unspecified atom stereocenters. The molecule has 4 nitrogen and oxygen atoms in total. The van der Waals surface area contributed by atoms with E-state index in [2.05, 4.69) is 10.6 Å². The van der Waals surface area contributed by atoms with Crippen molar-refractivity contribution in [3.63, 3.8) is 0 Å². The first-order valence-electron chi connectivity index (χ1n) is 8.40. The van der Waals surface area contributed by atoms with E-state index in [1.807, 2.05) is 56.3 Å². The van der Waals surface area contributed by atoms with Crippen molar-refractivity contribution in [3.05, 3.63) is 64.2 Å². The van der Waals surface area contributed by atoms with Gasteiger partial charge in [-0.2, -0.15) is 11.8 Å². The van der Waals surface area contributed by atoms with Gasteiger partial charge >= 0.3 is 0 Å². The molecule has 138 valence electrons. The van der Waals surface area contributed by atoms with Crippen LogP contribution in [-0.4, -0.2) is 24.1 Å². The van der Waals surface area contributed by atoms with Crippen molar-refractivity contribution in [1.29, 1.82) is 0 Å². The lowest BCUT2D eigenvalue weighted by molar-refractivity contribution is -0.126. The highest BCUT2D eigenvalue weighted by molar-refractivity contribution is 7.98. The Morgan fingerprint density at radius 1 is 1.08 bits per heavy atom. The minimum atomic E-state index is -0.303. The molecule has 26 heavy (non-hydrogen) atoms. The third kappa shape index (κ3) is 6.73. The molecule has 2 aromatic rings. The third-order valence-electron chi connectivity index (χ3n) is 3.93. The number of hydrogen-bond donors (Lipinski definition) is 2. The van der Waals surface area contributed by atoms with Gasteiger partial charge in [0.25, 0.3) is 0 Å². The maximum atomic E-state index is 12.0. The van der Waals surface area contributed by atoms with E-state index in [1.54, 1.807) is 11.8 Å². The quantitative estimate of drug-likeness (QED) is 0.520. The van der Waals surface area contributed by atoms with Crippen LogP contribution in [0.3, 0.4) is 0 Å². The summed E-state index contributed by atoms with van der Waals surface area (Å²) < 4.78 is 0. The molecule has 2 rings (SSSR count). The van der Waals surface area contributed by atoms with E-state index >= 15 is 0 Å². The fraction of sp³-hybridized carbons (Fsp3) is 0.300. The Bertz CT molecular complexity index is 780. The van der Waals surface area contributed by atoms with Gasteiger partial charge in [0, 0.05) is 28.8 Å². The standard InChI is InChI=1S/C20H23ClN2O2S/c1-14-5-3-8-18(15(14)2)23-20(25)12-19(24)22-9-10-26-13-16-6-4-7-17(21)11-16/h3-8,11H,9-10,12-13H2,1-2H3,(H,22,24)(H,23,25). The van der Waals surface area contributed by atoms with Crippen molar-refractivity contribution in [2.45, 2.75) is 26.0 Å². The zero-order chi connectivity index (χ0) is 18.9. The number of halogens is 1. The van der Waals surface area contributed by atoms with Crippen LogP contribution in [-0.2, 0) is 15.3 Å². The number of hydrogen-bond acceptors (Lipinski definition) is 3. The number of amides is 2. The predicted octanol–water partition coefficient (Wildman–Crippen LogP) is 4.34. The Morgan fingerprint density at radius 3 is 2.62 bits per heavy atom. The van der Waals surface area contributed by atoms with Crippen molar-refractivity contribution in [3.8, 4) is 0 Å². The van der Waals surface area contributed by atoms with Gasteiger partial charge in [0.05, 0.1) is 0 Å². The molecule has 0 saturated carbocycles. The summed E-state index contributed by atoms with van der Waals surface area (Å²) in [7, 11) is 0. The molecule has 0 aliphatic carbocycles. The minimum absolute atomic E-state index is 0.174. The van der Waals surface area contributed by atoms with Gasteiger partial charge in [-0.1, -0.05) is 35.9 Å².